The van der Waals surface area contributed by atoms with Crippen LogP contribution in [0.25, 0.3) is 0 Å². The first-order valence-electron chi connectivity index (χ1n) is 8.86. The Balaban J connectivity index is 1.62. The Labute approximate surface area is 137 Å². The van der Waals surface area contributed by atoms with Crippen LogP contribution in [0, 0.1) is 17.3 Å². The summed E-state index contributed by atoms with van der Waals surface area (Å²) in [6, 6.07) is 6.31. The zero-order chi connectivity index (χ0) is 16.0. The van der Waals surface area contributed by atoms with Gasteiger partial charge in [-0.3, -0.25) is 9.59 Å². The number of carbonyl (C=O) groups excluding carboxylic acids is 2. The fourth-order valence-electron chi connectivity index (χ4n) is 5.55. The molecule has 0 saturated heterocycles. The molecule has 0 bridgehead atoms. The third-order valence-corrected chi connectivity index (χ3v) is 6.73. The number of aldehydes is 1. The molecule has 0 radical (unpaired) electrons. The van der Waals surface area contributed by atoms with Crippen molar-refractivity contribution in [1.82, 2.24) is 0 Å². The second-order valence-corrected chi connectivity index (χ2v) is 7.67. The number of fused-ring (bicyclic) bond motifs is 5. The maximum atomic E-state index is 12.4. The van der Waals surface area contributed by atoms with Crippen LogP contribution < -0.4 is 4.74 Å². The van der Waals surface area contributed by atoms with Crippen molar-refractivity contribution in [1.29, 1.82) is 0 Å². The van der Waals surface area contributed by atoms with Gasteiger partial charge in [-0.1, -0.05) is 13.0 Å². The molecule has 1 aromatic carbocycles. The van der Waals surface area contributed by atoms with Crippen LogP contribution in [0.4, 0.5) is 0 Å². The number of hydrogen-bond acceptors (Lipinski definition) is 3. The highest BCUT2D eigenvalue weighted by Crippen LogP contribution is 2.59. The minimum atomic E-state index is -0.0499. The van der Waals surface area contributed by atoms with Crippen molar-refractivity contribution in [3.8, 4) is 5.75 Å². The smallest absolute Gasteiger partial charge is 0.157 e. The first kappa shape index (κ1) is 14.9. The molecule has 0 amide bonds. The van der Waals surface area contributed by atoms with E-state index < -0.39 is 0 Å². The highest BCUT2D eigenvalue weighted by atomic mass is 16.5. The molecule has 0 heterocycles. The zero-order valence-electron chi connectivity index (χ0n) is 13.7. The van der Waals surface area contributed by atoms with Crippen molar-refractivity contribution in [3.63, 3.8) is 0 Å². The number of aryl methyl sites for hydroxylation is 1. The van der Waals surface area contributed by atoms with E-state index in [4.69, 9.17) is 4.74 Å². The molecule has 1 aromatic rings. The topological polar surface area (TPSA) is 43.4 Å². The molecule has 3 nitrogen and oxygen atoms in total. The summed E-state index contributed by atoms with van der Waals surface area (Å²) in [6.07, 6.45) is 7.08. The number of ether oxygens (including phenoxy) is 1. The summed E-state index contributed by atoms with van der Waals surface area (Å²) < 4.78 is 5.44. The molecule has 122 valence electrons. The lowest BCUT2D eigenvalue weighted by Crippen LogP contribution is -2.42. The lowest BCUT2D eigenvalue weighted by atomic mass is 9.55. The van der Waals surface area contributed by atoms with Crippen molar-refractivity contribution < 1.29 is 14.3 Å². The van der Waals surface area contributed by atoms with Crippen LogP contribution in [-0.2, 0) is 16.0 Å². The molecule has 23 heavy (non-hydrogen) atoms. The van der Waals surface area contributed by atoms with E-state index in [9.17, 15) is 9.59 Å². The Bertz CT molecular complexity index is 650. The van der Waals surface area contributed by atoms with E-state index in [2.05, 4.69) is 19.1 Å². The van der Waals surface area contributed by atoms with Crippen molar-refractivity contribution in [2.24, 2.45) is 17.3 Å². The summed E-state index contributed by atoms with van der Waals surface area (Å²) in [4.78, 5) is 22.8. The Morgan fingerprint density at radius 3 is 2.96 bits per heavy atom. The summed E-state index contributed by atoms with van der Waals surface area (Å²) in [7, 11) is 0. The highest BCUT2D eigenvalue weighted by Gasteiger charge is 2.54. The van der Waals surface area contributed by atoms with E-state index in [1.54, 1.807) is 0 Å². The average molecular weight is 312 g/mol. The molecule has 0 spiro atoms. The van der Waals surface area contributed by atoms with Crippen LogP contribution in [-0.4, -0.2) is 18.7 Å². The number of Topliss-reactive ketones (excluding diaryl/α,β-unsaturated/α-hetero) is 1. The first-order valence-corrected chi connectivity index (χ1v) is 8.86. The zero-order valence-corrected chi connectivity index (χ0v) is 13.7. The van der Waals surface area contributed by atoms with E-state index in [0.717, 1.165) is 44.1 Å². The van der Waals surface area contributed by atoms with E-state index >= 15 is 0 Å². The monoisotopic (exact) mass is 312 g/mol. The molecular weight excluding hydrogens is 288 g/mol. The van der Waals surface area contributed by atoms with Gasteiger partial charge in [0.2, 0.25) is 0 Å². The third-order valence-electron chi connectivity index (χ3n) is 6.73. The number of benzene rings is 1. The second-order valence-electron chi connectivity index (χ2n) is 7.67. The summed E-state index contributed by atoms with van der Waals surface area (Å²) in [5, 5.41) is 0. The Kier molecular flexibility index (Phi) is 3.55. The lowest BCUT2D eigenvalue weighted by molar-refractivity contribution is -0.129. The summed E-state index contributed by atoms with van der Waals surface area (Å²) in [6.45, 7) is 2.34. The molecule has 2 saturated carbocycles. The Hall–Kier alpha value is -1.64. The summed E-state index contributed by atoms with van der Waals surface area (Å²) in [5.41, 5.74) is 2.79. The van der Waals surface area contributed by atoms with Gasteiger partial charge in [0.1, 0.15) is 18.1 Å². The predicted octanol–water partition coefficient (Wildman–Crippen LogP) is 3.69. The van der Waals surface area contributed by atoms with Crippen LogP contribution in [0.1, 0.15) is 56.1 Å². The van der Waals surface area contributed by atoms with E-state index in [1.165, 1.54) is 17.5 Å². The maximum absolute atomic E-state index is 12.4. The van der Waals surface area contributed by atoms with Gasteiger partial charge in [-0.05, 0) is 73.1 Å². The van der Waals surface area contributed by atoms with Gasteiger partial charge in [0.15, 0.2) is 6.29 Å². The SMILES string of the molecule is C[C@]12CC[C@@H]3c4ccc(OCC=O)cc4CC[C@H]3[C@@H]1CCC2=O. The quantitative estimate of drug-likeness (QED) is 0.800. The summed E-state index contributed by atoms with van der Waals surface area (Å²) >= 11 is 0. The third kappa shape index (κ3) is 2.24. The molecule has 2 fully saturated rings. The summed E-state index contributed by atoms with van der Waals surface area (Å²) in [5.74, 6) is 3.14. The predicted molar refractivity (Wildman–Crippen MR) is 87.6 cm³/mol. The van der Waals surface area contributed by atoms with Gasteiger partial charge >= 0.3 is 0 Å². The van der Waals surface area contributed by atoms with Gasteiger partial charge in [-0.15, -0.1) is 0 Å². The van der Waals surface area contributed by atoms with Crippen LogP contribution in [0.15, 0.2) is 18.2 Å². The van der Waals surface area contributed by atoms with Gasteiger partial charge in [0.05, 0.1) is 0 Å². The molecular formula is C20H24O3. The molecule has 0 aliphatic heterocycles. The largest absolute Gasteiger partial charge is 0.486 e. The van der Waals surface area contributed by atoms with Crippen LogP contribution in [0.3, 0.4) is 0 Å². The standard InChI is InChI=1S/C20H24O3/c1-20-9-8-16-15-5-3-14(23-11-10-21)12-13(15)2-4-17(16)18(20)6-7-19(20)22/h3,5,10,12,16-18H,2,4,6-9,11H2,1H3/t16-,17-,18+,20+/m1/s1. The fraction of sp³-hybridized carbons (Fsp3) is 0.600. The molecule has 0 aromatic heterocycles. The average Bonchev–Trinajstić information content (AvgIpc) is 2.88. The molecule has 0 unspecified atom stereocenters. The fourth-order valence-corrected chi connectivity index (χ4v) is 5.55. The lowest BCUT2D eigenvalue weighted by Gasteiger charge is -2.48. The van der Waals surface area contributed by atoms with Crippen LogP contribution in [0.5, 0.6) is 5.75 Å². The molecule has 3 heteroatoms. The molecule has 3 aliphatic rings. The first-order chi connectivity index (χ1) is 11.1. The second kappa shape index (κ2) is 5.47. The van der Waals surface area contributed by atoms with E-state index in [-0.39, 0.29) is 12.0 Å². The number of hydrogen-bond donors (Lipinski definition) is 0. The number of rotatable bonds is 3. The van der Waals surface area contributed by atoms with Gasteiger partial charge < -0.3 is 4.74 Å². The van der Waals surface area contributed by atoms with Gasteiger partial charge in [0, 0.05) is 11.8 Å². The van der Waals surface area contributed by atoms with Crippen molar-refractivity contribution in [2.45, 2.75) is 51.4 Å². The number of carbonyl (C=O) groups is 2. The molecule has 0 N–H and O–H groups in total. The maximum Gasteiger partial charge on any atom is 0.157 e. The molecule has 4 atom stereocenters. The normalized spacial score (nSPS) is 35.2. The van der Waals surface area contributed by atoms with E-state index in [1.807, 2.05) is 6.07 Å². The molecule has 3 aliphatic carbocycles. The van der Waals surface area contributed by atoms with Crippen molar-refractivity contribution >= 4 is 12.1 Å². The molecule has 4 rings (SSSR count). The Morgan fingerprint density at radius 1 is 1.26 bits per heavy atom. The minimum absolute atomic E-state index is 0.0499. The van der Waals surface area contributed by atoms with Crippen LogP contribution in [0.2, 0.25) is 0 Å². The van der Waals surface area contributed by atoms with Gasteiger partial charge in [-0.2, -0.15) is 0 Å². The van der Waals surface area contributed by atoms with Crippen LogP contribution >= 0.6 is 0 Å². The Morgan fingerprint density at radius 2 is 2.13 bits per heavy atom. The van der Waals surface area contributed by atoms with Crippen molar-refractivity contribution in [2.75, 3.05) is 6.61 Å². The van der Waals surface area contributed by atoms with Gasteiger partial charge in [-0.25, -0.2) is 0 Å². The van der Waals surface area contributed by atoms with Crippen molar-refractivity contribution in [3.05, 3.63) is 29.3 Å². The number of ketones is 1. The minimum Gasteiger partial charge on any atom is -0.486 e. The van der Waals surface area contributed by atoms with Gasteiger partial charge in [0.25, 0.3) is 0 Å². The van der Waals surface area contributed by atoms with E-state index in [0.29, 0.717) is 23.5 Å². The highest BCUT2D eigenvalue weighted by molar-refractivity contribution is 5.87.